The average Bonchev–Trinajstić information content (AvgIpc) is 2.57. The molecule has 0 fully saturated rings. The number of carbonyl (C=O) groups is 1. The van der Waals surface area contributed by atoms with Crippen LogP contribution in [-0.4, -0.2) is 26.3 Å². The van der Waals surface area contributed by atoms with Gasteiger partial charge in [-0.2, -0.15) is 0 Å². The number of phenols is 1. The van der Waals surface area contributed by atoms with Gasteiger partial charge < -0.3 is 10.4 Å². The highest BCUT2D eigenvalue weighted by Crippen LogP contribution is 2.28. The predicted octanol–water partition coefficient (Wildman–Crippen LogP) is 2.18. The van der Waals surface area contributed by atoms with Gasteiger partial charge in [-0.1, -0.05) is 30.8 Å². The van der Waals surface area contributed by atoms with Crippen LogP contribution in [0.15, 0.2) is 34.2 Å². The first kappa shape index (κ1) is 16.6. The molecule has 2 aromatic rings. The van der Waals surface area contributed by atoms with Crippen molar-refractivity contribution in [3.8, 4) is 5.75 Å². The monoisotopic (exact) mass is 345 g/mol. The molecule has 7 heteroatoms. The second-order valence-corrected chi connectivity index (χ2v) is 6.73. The SMILES string of the molecule is CCc1c(C)nc2n(c1=O)C[C@@H](C(=O)Nc1ccccc1O)CS2. The summed E-state index contributed by atoms with van der Waals surface area (Å²) < 4.78 is 1.59. The van der Waals surface area contributed by atoms with E-state index in [2.05, 4.69) is 10.3 Å². The summed E-state index contributed by atoms with van der Waals surface area (Å²) in [4.78, 5) is 29.6. The molecule has 0 unspecified atom stereocenters. The molecule has 1 amide bonds. The van der Waals surface area contributed by atoms with Gasteiger partial charge >= 0.3 is 0 Å². The molecule has 0 radical (unpaired) electrons. The number of carbonyl (C=O) groups excluding carboxylic acids is 1. The Labute approximate surface area is 143 Å². The highest BCUT2D eigenvalue weighted by atomic mass is 32.2. The highest BCUT2D eigenvalue weighted by Gasteiger charge is 2.28. The molecule has 1 aliphatic heterocycles. The summed E-state index contributed by atoms with van der Waals surface area (Å²) in [7, 11) is 0. The third-order valence-corrected chi connectivity index (χ3v) is 5.28. The highest BCUT2D eigenvalue weighted by molar-refractivity contribution is 7.99. The summed E-state index contributed by atoms with van der Waals surface area (Å²) in [5.41, 5.74) is 1.77. The molecule has 24 heavy (non-hydrogen) atoms. The third kappa shape index (κ3) is 3.03. The summed E-state index contributed by atoms with van der Waals surface area (Å²) >= 11 is 1.42. The number of aromatic hydroxyl groups is 1. The Hall–Kier alpha value is -2.28. The smallest absolute Gasteiger partial charge is 0.257 e. The van der Waals surface area contributed by atoms with E-state index in [-0.39, 0.29) is 23.1 Å². The fraction of sp³-hybridized carbons (Fsp3) is 0.353. The quantitative estimate of drug-likeness (QED) is 0.658. The number of benzene rings is 1. The van der Waals surface area contributed by atoms with Crippen LogP contribution in [0.1, 0.15) is 18.2 Å². The van der Waals surface area contributed by atoms with E-state index in [1.54, 1.807) is 22.8 Å². The molecule has 0 saturated carbocycles. The average molecular weight is 345 g/mol. The number of aryl methyl sites for hydroxylation is 1. The number of nitrogens with one attached hydrogen (secondary N) is 1. The van der Waals surface area contributed by atoms with Crippen LogP contribution in [0.25, 0.3) is 0 Å². The van der Waals surface area contributed by atoms with Gasteiger partial charge in [-0.15, -0.1) is 0 Å². The van der Waals surface area contributed by atoms with Crippen molar-refractivity contribution in [3.05, 3.63) is 45.9 Å². The number of thioether (sulfide) groups is 1. The van der Waals surface area contributed by atoms with E-state index in [0.717, 1.165) is 5.69 Å². The molecule has 6 nitrogen and oxygen atoms in total. The molecule has 1 aromatic heterocycles. The number of fused-ring (bicyclic) bond motifs is 1. The van der Waals surface area contributed by atoms with Crippen molar-refractivity contribution in [1.29, 1.82) is 0 Å². The molecular formula is C17H19N3O3S. The predicted molar refractivity (Wildman–Crippen MR) is 93.6 cm³/mol. The number of phenolic OH excluding ortho intramolecular Hbond substituents is 1. The lowest BCUT2D eigenvalue weighted by atomic mass is 10.1. The van der Waals surface area contributed by atoms with Gasteiger partial charge in [0.2, 0.25) is 5.91 Å². The van der Waals surface area contributed by atoms with Crippen LogP contribution in [-0.2, 0) is 17.8 Å². The topological polar surface area (TPSA) is 84.2 Å². The molecule has 3 rings (SSSR count). The van der Waals surface area contributed by atoms with E-state index in [1.807, 2.05) is 13.8 Å². The number of hydrogen-bond donors (Lipinski definition) is 2. The van der Waals surface area contributed by atoms with Crippen LogP contribution in [0.2, 0.25) is 0 Å². The van der Waals surface area contributed by atoms with E-state index < -0.39 is 0 Å². The number of nitrogens with zero attached hydrogens (tertiary/aromatic N) is 2. The molecule has 0 saturated heterocycles. The number of rotatable bonds is 3. The number of aromatic nitrogens is 2. The molecule has 0 spiro atoms. The summed E-state index contributed by atoms with van der Waals surface area (Å²) in [5.74, 6) is 0.0168. The Morgan fingerprint density at radius 3 is 2.92 bits per heavy atom. The van der Waals surface area contributed by atoms with Gasteiger partial charge in [0.05, 0.1) is 11.6 Å². The second-order valence-electron chi connectivity index (χ2n) is 5.74. The molecule has 0 bridgehead atoms. The first-order valence-electron chi connectivity index (χ1n) is 7.83. The molecular weight excluding hydrogens is 326 g/mol. The van der Waals surface area contributed by atoms with Crippen molar-refractivity contribution < 1.29 is 9.90 Å². The first-order chi connectivity index (χ1) is 11.5. The van der Waals surface area contributed by atoms with Gasteiger partial charge in [0.25, 0.3) is 5.56 Å². The largest absolute Gasteiger partial charge is 0.506 e. The Balaban J connectivity index is 1.83. The maximum atomic E-state index is 12.6. The Bertz CT molecular complexity index is 847. The Kier molecular flexibility index (Phi) is 4.62. The summed E-state index contributed by atoms with van der Waals surface area (Å²) in [6.07, 6.45) is 0.622. The van der Waals surface area contributed by atoms with Crippen LogP contribution in [0, 0.1) is 12.8 Å². The lowest BCUT2D eigenvalue weighted by Crippen LogP contribution is -2.38. The minimum atomic E-state index is -0.353. The first-order valence-corrected chi connectivity index (χ1v) is 8.81. The fourth-order valence-corrected chi connectivity index (χ4v) is 3.90. The van der Waals surface area contributed by atoms with Gasteiger partial charge in [0, 0.05) is 23.6 Å². The van der Waals surface area contributed by atoms with Crippen molar-refractivity contribution in [3.63, 3.8) is 0 Å². The molecule has 126 valence electrons. The molecule has 0 aliphatic carbocycles. The lowest BCUT2D eigenvalue weighted by Gasteiger charge is -2.25. The molecule has 2 N–H and O–H groups in total. The van der Waals surface area contributed by atoms with Crippen molar-refractivity contribution in [2.24, 2.45) is 5.92 Å². The number of para-hydroxylation sites is 2. The van der Waals surface area contributed by atoms with E-state index in [0.29, 0.717) is 35.1 Å². The zero-order valence-electron chi connectivity index (χ0n) is 13.6. The minimum absolute atomic E-state index is 0.0254. The van der Waals surface area contributed by atoms with E-state index in [1.165, 1.54) is 17.8 Å². The van der Waals surface area contributed by atoms with Gasteiger partial charge in [0.15, 0.2) is 5.16 Å². The zero-order valence-corrected chi connectivity index (χ0v) is 14.4. The number of anilines is 1. The van der Waals surface area contributed by atoms with Crippen molar-refractivity contribution in [1.82, 2.24) is 9.55 Å². The Morgan fingerprint density at radius 1 is 1.46 bits per heavy atom. The standard InChI is InChI=1S/C17H19N3O3S/c1-3-12-10(2)18-17-20(16(12)23)8-11(9-24-17)15(22)19-13-6-4-5-7-14(13)21/h4-7,11,21H,3,8-9H2,1-2H3,(H,19,22)/t11-/m1/s1. The normalized spacial score (nSPS) is 16.5. The van der Waals surface area contributed by atoms with E-state index in [9.17, 15) is 14.7 Å². The summed E-state index contributed by atoms with van der Waals surface area (Å²) in [5, 5.41) is 13.2. The Morgan fingerprint density at radius 2 is 2.21 bits per heavy atom. The third-order valence-electron chi connectivity index (χ3n) is 4.14. The fourth-order valence-electron chi connectivity index (χ4n) is 2.78. The van der Waals surface area contributed by atoms with Crippen molar-refractivity contribution in [2.45, 2.75) is 32.0 Å². The molecule has 1 atom stereocenters. The van der Waals surface area contributed by atoms with Gasteiger partial charge in [0.1, 0.15) is 5.75 Å². The molecule has 1 aliphatic rings. The zero-order chi connectivity index (χ0) is 17.3. The number of hydrogen-bond acceptors (Lipinski definition) is 5. The van der Waals surface area contributed by atoms with Crippen LogP contribution in [0.5, 0.6) is 5.75 Å². The lowest BCUT2D eigenvalue weighted by molar-refractivity contribution is -0.119. The van der Waals surface area contributed by atoms with Crippen LogP contribution in [0.3, 0.4) is 0 Å². The summed E-state index contributed by atoms with van der Waals surface area (Å²) in [6, 6.07) is 6.59. The minimum Gasteiger partial charge on any atom is -0.506 e. The van der Waals surface area contributed by atoms with Crippen LogP contribution >= 0.6 is 11.8 Å². The van der Waals surface area contributed by atoms with Crippen molar-refractivity contribution in [2.75, 3.05) is 11.1 Å². The van der Waals surface area contributed by atoms with Crippen molar-refractivity contribution >= 4 is 23.4 Å². The number of amides is 1. The van der Waals surface area contributed by atoms with Gasteiger partial charge in [-0.05, 0) is 25.5 Å². The molecule has 1 aromatic carbocycles. The second kappa shape index (κ2) is 6.68. The van der Waals surface area contributed by atoms with Crippen LogP contribution in [0.4, 0.5) is 5.69 Å². The van der Waals surface area contributed by atoms with E-state index in [4.69, 9.17) is 0 Å². The summed E-state index contributed by atoms with van der Waals surface area (Å²) in [6.45, 7) is 4.08. The van der Waals surface area contributed by atoms with Gasteiger partial charge in [-0.3, -0.25) is 14.2 Å². The van der Waals surface area contributed by atoms with Crippen LogP contribution < -0.4 is 10.9 Å². The molecule has 2 heterocycles. The van der Waals surface area contributed by atoms with Gasteiger partial charge in [-0.25, -0.2) is 4.98 Å². The maximum absolute atomic E-state index is 12.6. The van der Waals surface area contributed by atoms with E-state index >= 15 is 0 Å². The maximum Gasteiger partial charge on any atom is 0.257 e.